The molecule has 0 saturated heterocycles. The molecule has 4 rings (SSSR count). The summed E-state index contributed by atoms with van der Waals surface area (Å²) in [7, 11) is 0. The van der Waals surface area contributed by atoms with Crippen molar-refractivity contribution in [3.05, 3.63) is 43.8 Å². The minimum Gasteiger partial charge on any atom is -1.00 e. The fourth-order valence-electron chi connectivity index (χ4n) is 0.667. The third-order valence-corrected chi connectivity index (χ3v) is 22.8. The first-order valence-corrected chi connectivity index (χ1v) is 34.1. The Balaban J connectivity index is -0.000000105. The van der Waals surface area contributed by atoms with E-state index in [2.05, 4.69) is 63.0 Å². The maximum Gasteiger partial charge on any atom is 2.00 e. The molecule has 0 aliphatic carbocycles. The number of halogens is 2. The summed E-state index contributed by atoms with van der Waals surface area (Å²) in [5.74, 6) is 0. The van der Waals surface area contributed by atoms with Crippen molar-refractivity contribution in [1.29, 1.82) is 0 Å². The Labute approximate surface area is 242 Å². The fraction of sp³-hybridized carbons (Fsp3) is 0. The molecule has 0 fully saturated rings. The molecule has 0 N–H and O–H groups in total. The van der Waals surface area contributed by atoms with Crippen LogP contribution in [0.3, 0.4) is 0 Å². The Bertz CT molecular complexity index is 359. The van der Waals surface area contributed by atoms with Crippen molar-refractivity contribution in [2.45, 2.75) is 0 Å². The molecule has 12 heteroatoms. The van der Waals surface area contributed by atoms with Gasteiger partial charge in [-0.15, -0.1) is 0 Å². The molecular weight excluding hydrogens is 997 g/mol. The Morgan fingerprint density at radius 2 is 0.625 bits per heavy atom. The van der Waals surface area contributed by atoms with Crippen molar-refractivity contribution >= 4 is 127 Å². The van der Waals surface area contributed by atoms with Gasteiger partial charge in [0.2, 0.25) is 0 Å². The van der Waals surface area contributed by atoms with Gasteiger partial charge in [-0.1, -0.05) is 0 Å². The van der Waals surface area contributed by atoms with Crippen LogP contribution in [-0.4, -0.2) is 127 Å². The average Bonchev–Trinajstić information content (AvgIpc) is 3.40. The largest absolute Gasteiger partial charge is 2.00 e. The monoisotopic (exact) mass is 1000 g/mol. The topological polar surface area (TPSA) is 0 Å². The van der Waals surface area contributed by atoms with Crippen molar-refractivity contribution in [2.75, 3.05) is 0 Å². The Hall–Kier alpha value is 5.25. The average molecular weight is 1000 g/mol. The molecule has 0 saturated carbocycles. The molecule has 0 unspecified atom stereocenters. The van der Waals surface area contributed by atoms with Crippen LogP contribution < -0.4 is 24.8 Å². The normalized spacial score (nSPS) is 21.3. The van der Waals surface area contributed by atoms with Gasteiger partial charge in [0, 0.05) is 0 Å². The predicted octanol–water partition coefficient (Wildman–Crippen LogP) is -7.93. The number of hydrogen-bond acceptors (Lipinski definition) is 0. The summed E-state index contributed by atoms with van der Waals surface area (Å²) in [4.78, 5) is 21.8. The molecular formula is C12H8As8Cl2Zr2-2. The van der Waals surface area contributed by atoms with Crippen molar-refractivity contribution in [3.8, 4) is 0 Å². The molecule has 4 aliphatic rings. The molecule has 0 aromatic rings. The second kappa shape index (κ2) is 32.9. The van der Waals surface area contributed by atoms with Crippen LogP contribution in [0.15, 0.2) is 43.8 Å². The van der Waals surface area contributed by atoms with E-state index in [1.54, 1.807) is 0 Å². The Morgan fingerprint density at radius 1 is 0.417 bits per heavy atom. The third kappa shape index (κ3) is 29.5. The summed E-state index contributed by atoms with van der Waals surface area (Å²) >= 11 is 4.97. The van der Waals surface area contributed by atoms with E-state index in [0.29, 0.717) is 108 Å². The molecule has 0 atom stereocenters. The molecule has 0 aromatic carbocycles. The van der Waals surface area contributed by atoms with Crippen LogP contribution in [0.5, 0.6) is 0 Å². The molecule has 0 spiro atoms. The zero-order chi connectivity index (χ0) is 14.1. The first-order valence-electron chi connectivity index (χ1n) is 5.22. The van der Waals surface area contributed by atoms with Crippen molar-refractivity contribution in [2.24, 2.45) is 0 Å². The van der Waals surface area contributed by atoms with Crippen LogP contribution in [0.25, 0.3) is 0 Å². The molecule has 0 aromatic heterocycles. The van der Waals surface area contributed by atoms with Gasteiger partial charge in [0.25, 0.3) is 0 Å². The van der Waals surface area contributed by atoms with E-state index in [0.717, 1.165) is 0 Å². The first kappa shape index (κ1) is 36.6. The van der Waals surface area contributed by atoms with E-state index in [1.807, 2.05) is 0 Å². The van der Waals surface area contributed by atoms with E-state index >= 15 is 0 Å². The molecule has 0 amide bonds. The number of hydrogen-bond donors (Lipinski definition) is 0. The molecule has 4 heterocycles. The molecule has 0 bridgehead atoms. The maximum atomic E-state index is 3.18. The summed E-state index contributed by atoms with van der Waals surface area (Å²) in [6.07, 6.45) is 8.28. The minimum absolute atomic E-state index is 0. The van der Waals surface area contributed by atoms with Gasteiger partial charge in [-0.05, 0) is 0 Å². The van der Waals surface area contributed by atoms with Gasteiger partial charge in [0.1, 0.15) is 0 Å². The van der Waals surface area contributed by atoms with Gasteiger partial charge in [-0.25, -0.2) is 0 Å². The van der Waals surface area contributed by atoms with E-state index < -0.39 is 0 Å². The van der Waals surface area contributed by atoms with Crippen molar-refractivity contribution in [3.63, 3.8) is 0 Å². The first-order chi connectivity index (χ1) is 10.0. The van der Waals surface area contributed by atoms with Gasteiger partial charge in [0.05, 0.1) is 0 Å². The van der Waals surface area contributed by atoms with Crippen LogP contribution >= 0.6 is 0 Å². The van der Waals surface area contributed by atoms with E-state index in [4.69, 9.17) is 0 Å². The Morgan fingerprint density at radius 3 is 0.667 bits per heavy atom. The number of allylic oxidation sites excluding steroid dienone is 4. The van der Waals surface area contributed by atoms with Crippen LogP contribution in [0.1, 0.15) is 0 Å². The molecule has 120 valence electrons. The summed E-state index contributed by atoms with van der Waals surface area (Å²) in [6, 6.07) is 0. The van der Waals surface area contributed by atoms with Crippen molar-refractivity contribution in [1.82, 2.24) is 0 Å². The zero-order valence-corrected chi connectivity index (χ0v) is 33.4. The summed E-state index contributed by atoms with van der Waals surface area (Å²) in [5, 5.41) is 0. The fourth-order valence-corrected chi connectivity index (χ4v) is 18.0. The van der Waals surface area contributed by atoms with Gasteiger partial charge in [-0.2, -0.15) is 0 Å². The smallest absolute Gasteiger partial charge is 1.00 e. The maximum absolute atomic E-state index is 3.18. The standard InChI is InChI=1S/4C3H2As2.2ClH.2Zr/c4*1-2-4-5-3-1;;;;/h4*1-2H;2*1H;;/q4*-1;;;2*+2/p-2. The van der Waals surface area contributed by atoms with Crippen molar-refractivity contribution < 1.29 is 77.2 Å². The quantitative estimate of drug-likeness (QED) is 0.168. The summed E-state index contributed by atoms with van der Waals surface area (Å²) < 4.78 is 0. The van der Waals surface area contributed by atoms with E-state index in [9.17, 15) is 0 Å². The molecule has 0 nitrogen and oxygen atoms in total. The van der Waals surface area contributed by atoms with E-state index in [-0.39, 0.29) is 77.2 Å². The Kier molecular flexibility index (Phi) is 50.2. The second-order valence-electron chi connectivity index (χ2n) is 2.64. The second-order valence-corrected chi connectivity index (χ2v) is 29.7. The van der Waals surface area contributed by atoms with Gasteiger partial charge in [-0.3, -0.25) is 0 Å². The molecule has 24 heavy (non-hydrogen) atoms. The van der Waals surface area contributed by atoms with E-state index in [1.165, 1.54) is 0 Å². The predicted molar refractivity (Wildman–Crippen MR) is 103 cm³/mol. The summed E-state index contributed by atoms with van der Waals surface area (Å²) in [6.45, 7) is 0. The number of rotatable bonds is 0. The summed E-state index contributed by atoms with van der Waals surface area (Å²) in [5.41, 5.74) is 0. The van der Waals surface area contributed by atoms with Crippen LogP contribution in [0.4, 0.5) is 0 Å². The molecule has 4 radical (unpaired) electrons. The van der Waals surface area contributed by atoms with Crippen LogP contribution in [-0.2, 0) is 52.4 Å². The van der Waals surface area contributed by atoms with Gasteiger partial charge in [0.15, 0.2) is 0 Å². The zero-order valence-electron chi connectivity index (χ0n) is 12.0. The third-order valence-electron chi connectivity index (χ3n) is 1.32. The van der Waals surface area contributed by atoms with Crippen LogP contribution in [0, 0.1) is 0 Å². The van der Waals surface area contributed by atoms with Gasteiger partial charge >= 0.3 is 223 Å². The minimum atomic E-state index is 0. The molecule has 4 aliphatic heterocycles. The SMILES string of the molecule is [C-]1=[As][As]C=C1.[C-]1=[As][As]C=C1.[C-]1=[As][As]C=C1.[C-]1=[As][As]C=C1.[Cl-].[Cl-].[Zr+2].[Zr+2]. The van der Waals surface area contributed by atoms with Gasteiger partial charge < -0.3 is 24.8 Å². The van der Waals surface area contributed by atoms with Crippen LogP contribution in [0.2, 0.25) is 0 Å².